The Labute approximate surface area is 160 Å². The molecule has 0 saturated carbocycles. The SMILES string of the molecule is O=C1S/C(=C/c2ccc(O)c(Br)c2)C(=O)N1Cc1c(F)cccc1Cl. The normalized spacial score (nSPS) is 16.1. The van der Waals surface area contributed by atoms with Crippen LogP contribution in [-0.4, -0.2) is 21.2 Å². The van der Waals surface area contributed by atoms with Gasteiger partial charge in [-0.2, -0.15) is 0 Å². The van der Waals surface area contributed by atoms with E-state index in [9.17, 15) is 19.1 Å². The molecule has 0 bridgehead atoms. The first-order chi connectivity index (χ1) is 11.9. The van der Waals surface area contributed by atoms with Crippen molar-refractivity contribution in [3.8, 4) is 5.75 Å². The molecule has 2 aromatic rings. The van der Waals surface area contributed by atoms with E-state index in [-0.39, 0.29) is 27.8 Å². The van der Waals surface area contributed by atoms with Gasteiger partial charge in [0.1, 0.15) is 11.6 Å². The van der Waals surface area contributed by atoms with Crippen molar-refractivity contribution in [3.05, 3.63) is 67.7 Å². The van der Waals surface area contributed by atoms with E-state index in [0.717, 1.165) is 16.7 Å². The fraction of sp³-hybridized carbons (Fsp3) is 0.0588. The van der Waals surface area contributed by atoms with E-state index < -0.39 is 17.0 Å². The first-order valence-electron chi connectivity index (χ1n) is 7.03. The number of halogens is 3. The summed E-state index contributed by atoms with van der Waals surface area (Å²) in [5.41, 5.74) is 0.735. The van der Waals surface area contributed by atoms with E-state index >= 15 is 0 Å². The Morgan fingerprint density at radius 3 is 2.72 bits per heavy atom. The van der Waals surface area contributed by atoms with Crippen LogP contribution in [0.25, 0.3) is 6.08 Å². The molecule has 0 radical (unpaired) electrons. The van der Waals surface area contributed by atoms with Crippen molar-refractivity contribution in [2.24, 2.45) is 0 Å². The van der Waals surface area contributed by atoms with Crippen molar-refractivity contribution in [1.29, 1.82) is 0 Å². The maximum Gasteiger partial charge on any atom is 0.293 e. The summed E-state index contributed by atoms with van der Waals surface area (Å²) in [5, 5.41) is 9.17. The van der Waals surface area contributed by atoms with Gasteiger partial charge in [-0.1, -0.05) is 23.7 Å². The maximum absolute atomic E-state index is 13.9. The number of benzene rings is 2. The average Bonchev–Trinajstić information content (AvgIpc) is 2.81. The number of hydrogen-bond donors (Lipinski definition) is 1. The predicted molar refractivity (Wildman–Crippen MR) is 98.7 cm³/mol. The summed E-state index contributed by atoms with van der Waals surface area (Å²) in [6, 6.07) is 8.89. The quantitative estimate of drug-likeness (QED) is 0.665. The number of thioether (sulfide) groups is 1. The molecule has 0 spiro atoms. The highest BCUT2D eigenvalue weighted by Gasteiger charge is 2.35. The third-order valence-corrected chi connectivity index (χ3v) is 5.42. The van der Waals surface area contributed by atoms with Crippen LogP contribution in [0.4, 0.5) is 9.18 Å². The van der Waals surface area contributed by atoms with Gasteiger partial charge in [-0.25, -0.2) is 4.39 Å². The fourth-order valence-corrected chi connectivity index (χ4v) is 3.70. The highest BCUT2D eigenvalue weighted by Crippen LogP contribution is 2.35. The molecule has 25 heavy (non-hydrogen) atoms. The summed E-state index contributed by atoms with van der Waals surface area (Å²) < 4.78 is 14.4. The molecule has 128 valence electrons. The molecule has 4 nitrogen and oxygen atoms in total. The molecule has 0 aliphatic carbocycles. The second kappa shape index (κ2) is 7.19. The first-order valence-corrected chi connectivity index (χ1v) is 9.02. The van der Waals surface area contributed by atoms with Gasteiger partial charge in [0.25, 0.3) is 11.1 Å². The summed E-state index contributed by atoms with van der Waals surface area (Å²) in [6.45, 7) is -0.229. The number of imide groups is 1. The number of hydrogen-bond acceptors (Lipinski definition) is 4. The smallest absolute Gasteiger partial charge is 0.293 e. The first kappa shape index (κ1) is 18.0. The Morgan fingerprint density at radius 1 is 1.28 bits per heavy atom. The summed E-state index contributed by atoms with van der Waals surface area (Å²) >= 11 is 9.92. The van der Waals surface area contributed by atoms with Crippen molar-refractivity contribution < 1.29 is 19.1 Å². The molecular formula is C17H10BrClFNO3S. The van der Waals surface area contributed by atoms with E-state index in [2.05, 4.69) is 15.9 Å². The Bertz CT molecular complexity index is 899. The Kier molecular flexibility index (Phi) is 5.17. The molecule has 1 aliphatic heterocycles. The Balaban J connectivity index is 1.87. The van der Waals surface area contributed by atoms with E-state index in [1.54, 1.807) is 12.1 Å². The third kappa shape index (κ3) is 3.73. The number of phenols is 1. The highest BCUT2D eigenvalue weighted by molar-refractivity contribution is 9.10. The van der Waals surface area contributed by atoms with Crippen LogP contribution in [-0.2, 0) is 11.3 Å². The molecular weight excluding hydrogens is 433 g/mol. The van der Waals surface area contributed by atoms with Crippen LogP contribution in [0.1, 0.15) is 11.1 Å². The molecule has 2 aromatic carbocycles. The minimum atomic E-state index is -0.571. The van der Waals surface area contributed by atoms with Crippen LogP contribution in [0, 0.1) is 5.82 Å². The number of phenolic OH excluding ortho intramolecular Hbond substituents is 1. The minimum Gasteiger partial charge on any atom is -0.507 e. The molecule has 1 aliphatic rings. The molecule has 0 aromatic heterocycles. The van der Waals surface area contributed by atoms with E-state index in [1.165, 1.54) is 30.3 Å². The molecule has 2 amide bonds. The second-order valence-electron chi connectivity index (χ2n) is 5.18. The molecule has 3 rings (SSSR count). The summed E-state index contributed by atoms with van der Waals surface area (Å²) in [4.78, 5) is 25.8. The fourth-order valence-electron chi connectivity index (χ4n) is 2.24. The standard InChI is InChI=1S/C17H10BrClFNO3S/c18-11-6-9(4-5-14(11)22)7-15-16(23)21(17(24)25-15)8-10-12(19)2-1-3-13(10)20/h1-7,22H,8H2/b15-7+. The molecule has 1 fully saturated rings. The lowest BCUT2D eigenvalue weighted by molar-refractivity contribution is -0.123. The number of carbonyl (C=O) groups excluding carboxylic acids is 2. The lowest BCUT2D eigenvalue weighted by Crippen LogP contribution is -2.28. The zero-order valence-electron chi connectivity index (χ0n) is 12.5. The summed E-state index contributed by atoms with van der Waals surface area (Å²) in [7, 11) is 0. The largest absolute Gasteiger partial charge is 0.507 e. The van der Waals surface area contributed by atoms with Gasteiger partial charge in [0.2, 0.25) is 0 Å². The van der Waals surface area contributed by atoms with Crippen molar-refractivity contribution in [3.63, 3.8) is 0 Å². The minimum absolute atomic E-state index is 0.0689. The van der Waals surface area contributed by atoms with Crippen molar-refractivity contribution >= 4 is 56.5 Å². The van der Waals surface area contributed by atoms with E-state index in [0.29, 0.717) is 10.0 Å². The van der Waals surface area contributed by atoms with Crippen LogP contribution < -0.4 is 0 Å². The van der Waals surface area contributed by atoms with Crippen LogP contribution in [0.5, 0.6) is 5.75 Å². The predicted octanol–water partition coefficient (Wildman–Crippen LogP) is 5.18. The molecule has 1 N–H and O–H groups in total. The van der Waals surface area contributed by atoms with Crippen molar-refractivity contribution in [1.82, 2.24) is 4.90 Å². The highest BCUT2D eigenvalue weighted by atomic mass is 79.9. The van der Waals surface area contributed by atoms with Gasteiger partial charge in [0.05, 0.1) is 15.9 Å². The van der Waals surface area contributed by atoms with Gasteiger partial charge in [-0.15, -0.1) is 0 Å². The van der Waals surface area contributed by atoms with Crippen LogP contribution in [0.15, 0.2) is 45.8 Å². The van der Waals surface area contributed by atoms with Gasteiger partial charge in [-0.3, -0.25) is 14.5 Å². The van der Waals surface area contributed by atoms with Gasteiger partial charge in [0.15, 0.2) is 0 Å². The monoisotopic (exact) mass is 441 g/mol. The van der Waals surface area contributed by atoms with E-state index in [4.69, 9.17) is 11.6 Å². The number of amides is 2. The molecule has 0 unspecified atom stereocenters. The number of aromatic hydroxyl groups is 1. The van der Waals surface area contributed by atoms with Crippen LogP contribution >= 0.6 is 39.3 Å². The number of nitrogens with zero attached hydrogens (tertiary/aromatic N) is 1. The maximum atomic E-state index is 13.9. The van der Waals surface area contributed by atoms with Crippen LogP contribution in [0.2, 0.25) is 5.02 Å². The molecule has 1 heterocycles. The Hall–Kier alpha value is -1.83. The second-order valence-corrected chi connectivity index (χ2v) is 7.43. The van der Waals surface area contributed by atoms with E-state index in [1.807, 2.05) is 0 Å². The summed E-state index contributed by atoms with van der Waals surface area (Å²) in [5.74, 6) is -1.02. The number of carbonyl (C=O) groups is 2. The number of rotatable bonds is 3. The van der Waals surface area contributed by atoms with Crippen molar-refractivity contribution in [2.75, 3.05) is 0 Å². The van der Waals surface area contributed by atoms with Gasteiger partial charge in [0, 0.05) is 10.6 Å². The molecule has 8 heteroatoms. The van der Waals surface area contributed by atoms with Gasteiger partial charge in [-0.05, 0) is 63.6 Å². The van der Waals surface area contributed by atoms with Gasteiger partial charge < -0.3 is 5.11 Å². The van der Waals surface area contributed by atoms with Crippen molar-refractivity contribution in [2.45, 2.75) is 6.54 Å². The molecule has 1 saturated heterocycles. The lowest BCUT2D eigenvalue weighted by Gasteiger charge is -2.14. The zero-order chi connectivity index (χ0) is 18.1. The Morgan fingerprint density at radius 2 is 2.04 bits per heavy atom. The summed E-state index contributed by atoms with van der Waals surface area (Å²) in [6.07, 6.45) is 1.54. The van der Waals surface area contributed by atoms with Crippen LogP contribution in [0.3, 0.4) is 0 Å². The molecule has 0 atom stereocenters. The topological polar surface area (TPSA) is 57.6 Å². The average molecular weight is 443 g/mol. The zero-order valence-corrected chi connectivity index (χ0v) is 15.7. The van der Waals surface area contributed by atoms with Gasteiger partial charge >= 0.3 is 0 Å². The lowest BCUT2D eigenvalue weighted by atomic mass is 10.2. The third-order valence-electron chi connectivity index (χ3n) is 3.52.